The lowest BCUT2D eigenvalue weighted by Gasteiger charge is -2.28. The quantitative estimate of drug-likeness (QED) is 0.618. The number of anilines is 1. The molecule has 0 bridgehead atoms. The fourth-order valence-electron chi connectivity index (χ4n) is 3.04. The number of fused-ring (bicyclic) bond motifs is 5. The van der Waals surface area contributed by atoms with Crippen molar-refractivity contribution < 1.29 is 19.7 Å². The van der Waals surface area contributed by atoms with Crippen molar-refractivity contribution in [3.8, 4) is 5.75 Å². The minimum absolute atomic E-state index is 0.220. The first-order valence-electron chi connectivity index (χ1n) is 6.16. The van der Waals surface area contributed by atoms with Gasteiger partial charge in [-0.1, -0.05) is 24.3 Å². The van der Waals surface area contributed by atoms with Crippen LogP contribution in [0, 0.1) is 0 Å². The van der Waals surface area contributed by atoms with Crippen molar-refractivity contribution in [2.75, 3.05) is 5.73 Å². The number of rotatable bonds is 0. The van der Waals surface area contributed by atoms with Gasteiger partial charge in [-0.25, -0.2) is 0 Å². The zero-order valence-corrected chi connectivity index (χ0v) is 10.3. The highest BCUT2D eigenvalue weighted by molar-refractivity contribution is 6.09. The largest absolute Gasteiger partial charge is 0.454 e. The maximum Gasteiger partial charge on any atom is 0.276 e. The molecule has 4 N–H and O–H groups in total. The monoisotopic (exact) mass is 269 g/mol. The molecule has 0 saturated carbocycles. The molecule has 2 atom stereocenters. The minimum atomic E-state index is -2.13. The second-order valence-electron chi connectivity index (χ2n) is 5.09. The van der Waals surface area contributed by atoms with Crippen molar-refractivity contribution in [3.63, 3.8) is 0 Å². The van der Waals surface area contributed by atoms with E-state index in [0.717, 1.165) is 0 Å². The van der Waals surface area contributed by atoms with Gasteiger partial charge in [0.25, 0.3) is 5.79 Å². The van der Waals surface area contributed by atoms with E-state index in [0.29, 0.717) is 5.69 Å². The lowest BCUT2D eigenvalue weighted by atomic mass is 9.87. The Hall–Kier alpha value is -2.37. The fourth-order valence-corrected chi connectivity index (χ4v) is 3.04. The van der Waals surface area contributed by atoms with Gasteiger partial charge in [-0.3, -0.25) is 4.79 Å². The molecule has 1 aliphatic carbocycles. The summed E-state index contributed by atoms with van der Waals surface area (Å²) < 4.78 is 5.50. The molecule has 5 nitrogen and oxygen atoms in total. The van der Waals surface area contributed by atoms with Crippen LogP contribution in [0.15, 0.2) is 42.5 Å². The van der Waals surface area contributed by atoms with Crippen LogP contribution in [0.4, 0.5) is 5.69 Å². The van der Waals surface area contributed by atoms with E-state index >= 15 is 0 Å². The fraction of sp³-hybridized carbons (Fsp3) is 0.133. The maximum atomic E-state index is 12.5. The standard InChI is InChI=1S/C15H11NO4/c16-8-5-6-11-12(7-8)20-15(19)10-4-2-1-3-9(10)13(17)14(11,15)18/h1-7,18-19H,16H2/t14-,15+/m1/s1. The SMILES string of the molecule is Nc1ccc2c(c1)O[C@@]1(O)c3ccccc3C(=O)[C@]21O. The number of nitrogen functional groups attached to an aromatic ring is 1. The van der Waals surface area contributed by atoms with Crippen molar-refractivity contribution >= 4 is 11.5 Å². The Kier molecular flexibility index (Phi) is 1.83. The van der Waals surface area contributed by atoms with Gasteiger partial charge in [0.05, 0.1) is 0 Å². The molecule has 2 aliphatic rings. The number of carbonyl (C=O) groups is 1. The van der Waals surface area contributed by atoms with Crippen molar-refractivity contribution in [2.24, 2.45) is 0 Å². The summed E-state index contributed by atoms with van der Waals surface area (Å²) in [7, 11) is 0. The molecule has 100 valence electrons. The minimum Gasteiger partial charge on any atom is -0.454 e. The first-order valence-corrected chi connectivity index (χ1v) is 6.16. The number of hydrogen-bond acceptors (Lipinski definition) is 5. The third-order valence-electron chi connectivity index (χ3n) is 4.01. The van der Waals surface area contributed by atoms with Crippen LogP contribution < -0.4 is 10.5 Å². The summed E-state index contributed by atoms with van der Waals surface area (Å²) in [5.74, 6) is -2.45. The van der Waals surface area contributed by atoms with Gasteiger partial charge >= 0.3 is 0 Å². The molecule has 0 radical (unpaired) electrons. The summed E-state index contributed by atoms with van der Waals surface area (Å²) in [5, 5.41) is 21.6. The lowest BCUT2D eigenvalue weighted by molar-refractivity contribution is -0.224. The third-order valence-corrected chi connectivity index (χ3v) is 4.01. The van der Waals surface area contributed by atoms with Gasteiger partial charge < -0.3 is 20.7 Å². The van der Waals surface area contributed by atoms with E-state index < -0.39 is 17.2 Å². The van der Waals surface area contributed by atoms with Crippen molar-refractivity contribution in [2.45, 2.75) is 11.4 Å². The Balaban J connectivity index is 2.05. The summed E-state index contributed by atoms with van der Waals surface area (Å²) in [6.45, 7) is 0. The molecule has 1 heterocycles. The van der Waals surface area contributed by atoms with E-state index in [4.69, 9.17) is 10.5 Å². The van der Waals surface area contributed by atoms with Crippen LogP contribution in [0.25, 0.3) is 0 Å². The summed E-state index contributed by atoms with van der Waals surface area (Å²) in [4.78, 5) is 12.5. The molecule has 0 unspecified atom stereocenters. The number of nitrogens with two attached hydrogens (primary N) is 1. The van der Waals surface area contributed by atoms with Gasteiger partial charge in [0.2, 0.25) is 11.4 Å². The predicted octanol–water partition coefficient (Wildman–Crippen LogP) is 0.890. The molecular formula is C15H11NO4. The number of hydrogen-bond donors (Lipinski definition) is 3. The van der Waals surface area contributed by atoms with Crippen LogP contribution in [-0.2, 0) is 11.4 Å². The number of aliphatic hydroxyl groups is 2. The van der Waals surface area contributed by atoms with Crippen molar-refractivity contribution in [1.29, 1.82) is 0 Å². The Bertz CT molecular complexity index is 772. The highest BCUT2D eigenvalue weighted by Gasteiger charge is 2.70. The van der Waals surface area contributed by atoms with Crippen LogP contribution in [0.3, 0.4) is 0 Å². The molecule has 2 aromatic rings. The van der Waals surface area contributed by atoms with Crippen molar-refractivity contribution in [1.82, 2.24) is 0 Å². The topological polar surface area (TPSA) is 92.8 Å². The second-order valence-corrected chi connectivity index (χ2v) is 5.09. The van der Waals surface area contributed by atoms with E-state index in [9.17, 15) is 15.0 Å². The third kappa shape index (κ3) is 1.01. The van der Waals surface area contributed by atoms with Gasteiger partial charge in [0, 0.05) is 28.4 Å². The van der Waals surface area contributed by atoms with Crippen LogP contribution in [-0.4, -0.2) is 16.0 Å². The summed E-state index contributed by atoms with van der Waals surface area (Å²) >= 11 is 0. The lowest BCUT2D eigenvalue weighted by Crippen LogP contribution is -2.48. The van der Waals surface area contributed by atoms with E-state index in [1.165, 1.54) is 12.1 Å². The average Bonchev–Trinajstić information content (AvgIpc) is 2.76. The first-order chi connectivity index (χ1) is 9.48. The molecule has 0 aromatic heterocycles. The number of Topliss-reactive ketones (excluding diaryl/α,β-unsaturated/α-hetero) is 1. The van der Waals surface area contributed by atoms with Gasteiger partial charge in [0.15, 0.2) is 0 Å². The van der Waals surface area contributed by atoms with Gasteiger partial charge in [-0.2, -0.15) is 0 Å². The number of carbonyl (C=O) groups excluding carboxylic acids is 1. The molecule has 0 fully saturated rings. The second kappa shape index (κ2) is 3.20. The van der Waals surface area contributed by atoms with Crippen LogP contribution in [0.1, 0.15) is 21.5 Å². The molecule has 2 aromatic carbocycles. The van der Waals surface area contributed by atoms with Crippen LogP contribution in [0.5, 0.6) is 5.75 Å². The van der Waals surface area contributed by atoms with Gasteiger partial charge in [-0.05, 0) is 12.1 Å². The van der Waals surface area contributed by atoms with E-state index in [1.54, 1.807) is 30.3 Å². The van der Waals surface area contributed by atoms with Crippen LogP contribution in [0.2, 0.25) is 0 Å². The molecule has 4 rings (SSSR count). The maximum absolute atomic E-state index is 12.5. The van der Waals surface area contributed by atoms with Crippen molar-refractivity contribution in [3.05, 3.63) is 59.2 Å². The molecule has 0 spiro atoms. The van der Waals surface area contributed by atoms with E-state index in [2.05, 4.69) is 0 Å². The first kappa shape index (κ1) is 11.5. The van der Waals surface area contributed by atoms with E-state index in [-0.39, 0.29) is 22.4 Å². The van der Waals surface area contributed by atoms with Crippen LogP contribution >= 0.6 is 0 Å². The Labute approximate surface area is 114 Å². The van der Waals surface area contributed by atoms with Gasteiger partial charge in [-0.15, -0.1) is 0 Å². The number of ketones is 1. The highest BCUT2D eigenvalue weighted by atomic mass is 16.7. The molecule has 20 heavy (non-hydrogen) atoms. The summed E-state index contributed by atoms with van der Waals surface area (Å²) in [5.41, 5.74) is 4.73. The predicted molar refractivity (Wildman–Crippen MR) is 70.0 cm³/mol. The highest BCUT2D eigenvalue weighted by Crippen LogP contribution is 2.58. The molecule has 0 saturated heterocycles. The number of benzene rings is 2. The Morgan fingerprint density at radius 1 is 1.05 bits per heavy atom. The normalized spacial score (nSPS) is 29.6. The smallest absolute Gasteiger partial charge is 0.276 e. The van der Waals surface area contributed by atoms with Gasteiger partial charge in [0.1, 0.15) is 5.75 Å². The summed E-state index contributed by atoms with van der Waals surface area (Å²) in [6.07, 6.45) is 0. The molecule has 1 aliphatic heterocycles. The van der Waals surface area contributed by atoms with E-state index in [1.807, 2.05) is 0 Å². The molecule has 5 heteroatoms. The number of ether oxygens (including phenoxy) is 1. The zero-order valence-electron chi connectivity index (χ0n) is 10.3. The molecular weight excluding hydrogens is 258 g/mol. The Morgan fingerprint density at radius 2 is 1.80 bits per heavy atom. The Morgan fingerprint density at radius 3 is 2.60 bits per heavy atom. The summed E-state index contributed by atoms with van der Waals surface area (Å²) in [6, 6.07) is 11.0. The molecule has 0 amide bonds. The zero-order chi connectivity index (χ0) is 14.1. The average molecular weight is 269 g/mol.